The van der Waals surface area contributed by atoms with Crippen LogP contribution >= 0.6 is 0 Å². The number of aromatic nitrogens is 2. The van der Waals surface area contributed by atoms with Gasteiger partial charge in [-0.15, -0.1) is 0 Å². The lowest BCUT2D eigenvalue weighted by atomic mass is 10.1. The molecule has 0 aliphatic carbocycles. The van der Waals surface area contributed by atoms with Gasteiger partial charge in [-0.2, -0.15) is 5.10 Å². The average molecular weight is 596 g/mol. The fourth-order valence-electron chi connectivity index (χ4n) is 4.53. The molecule has 1 aromatic heterocycles. The maximum absolute atomic E-state index is 13.3. The molecular weight excluding hydrogens is 554 g/mol. The first-order chi connectivity index (χ1) is 20.7. The Morgan fingerprint density at radius 3 is 2.42 bits per heavy atom. The second-order valence-corrected chi connectivity index (χ2v) is 11.1. The van der Waals surface area contributed by atoms with E-state index in [0.717, 1.165) is 30.8 Å². The van der Waals surface area contributed by atoms with E-state index in [1.54, 1.807) is 12.1 Å². The molecule has 2 amide bonds. The molecule has 1 aliphatic rings. The number of alkyl carbamates (subject to hydrolysis) is 1. The standard InChI is InChI=1S/C30H41N7O6/c1-30(2,3)43-29(39)31-11-17-41-19-20-42-18-16-36-12-14-37(15-13-36)28(38)22-9-10-25-24(21-22)26(34-33-25)27(35-40)32-23-7-5-4-6-8-23/h4-10,21,40H,11-20H2,1-3H3,(H,31,39)(H,32,35)(H,33,34). The number of benzene rings is 2. The van der Waals surface area contributed by atoms with Gasteiger partial charge in [-0.05, 0) is 51.1 Å². The predicted octanol–water partition coefficient (Wildman–Crippen LogP) is 3.13. The van der Waals surface area contributed by atoms with Crippen molar-refractivity contribution in [2.45, 2.75) is 26.4 Å². The molecule has 13 nitrogen and oxygen atoms in total. The molecule has 0 radical (unpaired) electrons. The number of amidine groups is 1. The molecule has 1 saturated heterocycles. The summed E-state index contributed by atoms with van der Waals surface area (Å²) in [5, 5.41) is 26.7. The first-order valence-electron chi connectivity index (χ1n) is 14.4. The third kappa shape index (κ3) is 9.66. The van der Waals surface area contributed by atoms with E-state index < -0.39 is 11.7 Å². The van der Waals surface area contributed by atoms with Gasteiger partial charge in [-0.3, -0.25) is 14.8 Å². The van der Waals surface area contributed by atoms with E-state index in [1.807, 2.05) is 62.1 Å². The number of carbonyl (C=O) groups is 2. The van der Waals surface area contributed by atoms with Crippen LogP contribution in [0.5, 0.6) is 0 Å². The quantitative estimate of drug-likeness (QED) is 0.0813. The molecule has 3 aromatic rings. The highest BCUT2D eigenvalue weighted by Gasteiger charge is 2.23. The van der Waals surface area contributed by atoms with E-state index >= 15 is 0 Å². The van der Waals surface area contributed by atoms with Gasteiger partial charge in [0.2, 0.25) is 0 Å². The molecular formula is C30H41N7O6. The molecule has 1 fully saturated rings. The lowest BCUT2D eigenvalue weighted by Gasteiger charge is -2.34. The van der Waals surface area contributed by atoms with Crippen LogP contribution in [0.3, 0.4) is 0 Å². The monoisotopic (exact) mass is 595 g/mol. The van der Waals surface area contributed by atoms with Crippen molar-refractivity contribution in [3.63, 3.8) is 0 Å². The van der Waals surface area contributed by atoms with Gasteiger partial charge in [0.25, 0.3) is 5.91 Å². The van der Waals surface area contributed by atoms with Crippen LogP contribution in [0, 0.1) is 0 Å². The number of carbonyl (C=O) groups excluding carboxylic acids is 2. The summed E-state index contributed by atoms with van der Waals surface area (Å²) < 4.78 is 16.3. The Kier molecular flexibility index (Phi) is 11.3. The number of piperazine rings is 1. The molecule has 0 bridgehead atoms. The van der Waals surface area contributed by atoms with Crippen molar-refractivity contribution in [1.82, 2.24) is 25.3 Å². The number of rotatable bonds is 12. The molecule has 2 heterocycles. The second-order valence-electron chi connectivity index (χ2n) is 11.1. The SMILES string of the molecule is CC(C)(C)OC(=O)NCCOCCOCCN1CCN(C(=O)c2ccc3[nH]nc(/C(=N/O)Nc4ccccc4)c3c2)CC1. The largest absolute Gasteiger partial charge is 0.444 e. The maximum atomic E-state index is 13.3. The molecule has 0 spiro atoms. The molecule has 0 unspecified atom stereocenters. The van der Waals surface area contributed by atoms with Gasteiger partial charge in [-0.1, -0.05) is 23.4 Å². The van der Waals surface area contributed by atoms with Crippen LogP contribution in [0.2, 0.25) is 0 Å². The van der Waals surface area contributed by atoms with E-state index in [2.05, 4.69) is 30.9 Å². The summed E-state index contributed by atoms with van der Waals surface area (Å²) in [4.78, 5) is 29.0. The second kappa shape index (κ2) is 15.3. The summed E-state index contributed by atoms with van der Waals surface area (Å²) in [5.41, 5.74) is 1.92. The van der Waals surface area contributed by atoms with Crippen LogP contribution in [-0.2, 0) is 14.2 Å². The average Bonchev–Trinajstić information content (AvgIpc) is 3.42. The van der Waals surface area contributed by atoms with Crippen LogP contribution in [0.4, 0.5) is 10.5 Å². The summed E-state index contributed by atoms with van der Waals surface area (Å²) >= 11 is 0. The van der Waals surface area contributed by atoms with Crippen molar-refractivity contribution in [2.75, 3.05) is 71.0 Å². The van der Waals surface area contributed by atoms with Crippen molar-refractivity contribution in [3.8, 4) is 0 Å². The summed E-state index contributed by atoms with van der Waals surface area (Å²) in [6.07, 6.45) is -0.457. The Bertz CT molecular complexity index is 1360. The number of amides is 2. The molecule has 13 heteroatoms. The third-order valence-corrected chi connectivity index (χ3v) is 6.67. The molecule has 43 heavy (non-hydrogen) atoms. The van der Waals surface area contributed by atoms with Gasteiger partial charge >= 0.3 is 6.09 Å². The minimum Gasteiger partial charge on any atom is -0.444 e. The lowest BCUT2D eigenvalue weighted by molar-refractivity contribution is 0.0289. The Hall–Kier alpha value is -4.20. The highest BCUT2D eigenvalue weighted by Crippen LogP contribution is 2.21. The van der Waals surface area contributed by atoms with Crippen molar-refractivity contribution in [3.05, 3.63) is 59.8 Å². The van der Waals surface area contributed by atoms with Crippen molar-refractivity contribution < 1.29 is 29.0 Å². The smallest absolute Gasteiger partial charge is 0.407 e. The van der Waals surface area contributed by atoms with Gasteiger partial charge in [0, 0.05) is 55.9 Å². The number of nitrogens with zero attached hydrogens (tertiary/aromatic N) is 4. The maximum Gasteiger partial charge on any atom is 0.407 e. The fourth-order valence-corrected chi connectivity index (χ4v) is 4.53. The summed E-state index contributed by atoms with van der Waals surface area (Å²) in [6.45, 7) is 11.2. The zero-order valence-electron chi connectivity index (χ0n) is 25.0. The summed E-state index contributed by atoms with van der Waals surface area (Å²) in [5.74, 6) is 0.126. The molecule has 1 aliphatic heterocycles. The van der Waals surface area contributed by atoms with Crippen molar-refractivity contribution >= 4 is 34.4 Å². The Morgan fingerprint density at radius 1 is 1.00 bits per heavy atom. The Balaban J connectivity index is 1.16. The van der Waals surface area contributed by atoms with E-state index in [4.69, 9.17) is 14.2 Å². The van der Waals surface area contributed by atoms with Gasteiger partial charge in [0.15, 0.2) is 5.84 Å². The molecule has 0 atom stereocenters. The fraction of sp³-hybridized carbons (Fsp3) is 0.467. The molecule has 232 valence electrons. The van der Waals surface area contributed by atoms with Gasteiger partial charge in [-0.25, -0.2) is 4.79 Å². The zero-order valence-corrected chi connectivity index (χ0v) is 25.0. The number of anilines is 1. The van der Waals surface area contributed by atoms with Gasteiger partial charge < -0.3 is 35.0 Å². The minimum absolute atomic E-state index is 0.0539. The van der Waals surface area contributed by atoms with Crippen LogP contribution < -0.4 is 10.6 Å². The molecule has 0 saturated carbocycles. The number of oxime groups is 1. The van der Waals surface area contributed by atoms with E-state index in [1.165, 1.54) is 0 Å². The van der Waals surface area contributed by atoms with E-state index in [-0.39, 0.29) is 11.7 Å². The number of H-pyrrole nitrogens is 1. The number of hydrogen-bond donors (Lipinski definition) is 4. The zero-order chi connectivity index (χ0) is 30.7. The number of fused-ring (bicyclic) bond motifs is 1. The van der Waals surface area contributed by atoms with Crippen molar-refractivity contribution in [1.29, 1.82) is 0 Å². The van der Waals surface area contributed by atoms with Gasteiger partial charge in [0.1, 0.15) is 11.3 Å². The highest BCUT2D eigenvalue weighted by atomic mass is 16.6. The normalized spacial score (nSPS) is 14.6. The minimum atomic E-state index is -0.524. The van der Waals surface area contributed by atoms with Crippen molar-refractivity contribution in [2.24, 2.45) is 5.16 Å². The summed E-state index contributed by atoms with van der Waals surface area (Å²) in [6, 6.07) is 14.7. The number of aromatic amines is 1. The van der Waals surface area contributed by atoms with E-state index in [0.29, 0.717) is 62.7 Å². The number of ether oxygens (including phenoxy) is 3. The first kappa shape index (κ1) is 31.7. The predicted molar refractivity (Wildman–Crippen MR) is 163 cm³/mol. The van der Waals surface area contributed by atoms with Crippen LogP contribution in [-0.4, -0.2) is 114 Å². The molecule has 4 N–H and O–H groups in total. The number of hydrogen-bond acceptors (Lipinski definition) is 9. The van der Waals surface area contributed by atoms with Crippen LogP contribution in [0.25, 0.3) is 10.9 Å². The lowest BCUT2D eigenvalue weighted by Crippen LogP contribution is -2.49. The molecule has 2 aromatic carbocycles. The Labute approximate surface area is 251 Å². The Morgan fingerprint density at radius 2 is 1.72 bits per heavy atom. The highest BCUT2D eigenvalue weighted by molar-refractivity contribution is 6.14. The van der Waals surface area contributed by atoms with Crippen LogP contribution in [0.1, 0.15) is 36.8 Å². The van der Waals surface area contributed by atoms with Gasteiger partial charge in [0.05, 0.1) is 31.9 Å². The molecule has 4 rings (SSSR count). The topological polar surface area (TPSA) is 154 Å². The van der Waals surface area contributed by atoms with E-state index in [9.17, 15) is 14.8 Å². The third-order valence-electron chi connectivity index (χ3n) is 6.67. The number of nitrogens with one attached hydrogen (secondary N) is 3. The first-order valence-corrected chi connectivity index (χ1v) is 14.4. The van der Waals surface area contributed by atoms with Crippen LogP contribution in [0.15, 0.2) is 53.7 Å². The summed E-state index contributed by atoms with van der Waals surface area (Å²) in [7, 11) is 0. The number of para-hydroxylation sites is 1.